The zero-order valence-corrected chi connectivity index (χ0v) is 49.8. The number of carboxylic acids is 1. The highest BCUT2D eigenvalue weighted by Crippen LogP contribution is 2.37. The third-order valence-electron chi connectivity index (χ3n) is 16.1. The van der Waals surface area contributed by atoms with Crippen LogP contribution in [0.25, 0.3) is 0 Å². The first-order valence-corrected chi connectivity index (χ1v) is 29.5. The molecule has 2 aromatic rings. The topological polar surface area (TPSA) is 243 Å². The molecule has 2 aliphatic heterocycles. The second-order valence-corrected chi connectivity index (χ2v) is 24.3. The average molecular weight is 1170 g/mol. The molecule has 0 aromatic heterocycles. The average Bonchev–Trinajstić information content (AvgIpc) is 4.56. The predicted octanol–water partition coefficient (Wildman–Crippen LogP) is 7.02. The number of hydrogen-bond donors (Lipinski definition) is 3. The van der Waals surface area contributed by atoms with Gasteiger partial charge in [0, 0.05) is 66.2 Å². The second kappa shape index (κ2) is 30.1. The molecule has 4 aliphatic rings. The first kappa shape index (κ1) is 66.1. The summed E-state index contributed by atoms with van der Waals surface area (Å²) in [5.74, 6) is -7.36. The summed E-state index contributed by atoms with van der Waals surface area (Å²) in [6, 6.07) is 9.65. The lowest BCUT2D eigenvalue weighted by molar-refractivity contribution is -0.172. The molecule has 2 aliphatic carbocycles. The van der Waals surface area contributed by atoms with Gasteiger partial charge in [0.1, 0.15) is 35.5 Å². The molecule has 2 saturated carbocycles. The lowest BCUT2D eigenvalue weighted by Crippen LogP contribution is -2.54. The van der Waals surface area contributed by atoms with Gasteiger partial charge in [-0.2, -0.15) is 0 Å². The number of likely N-dealkylation sites (N-methyl/N-ethyl adjacent to an activating group) is 3. The molecule has 3 amide bonds. The van der Waals surface area contributed by atoms with Gasteiger partial charge in [0.2, 0.25) is 0 Å². The van der Waals surface area contributed by atoms with Crippen molar-refractivity contribution >= 4 is 47.6 Å². The summed E-state index contributed by atoms with van der Waals surface area (Å²) in [6.45, 7) is 10.3. The largest absolute Gasteiger partial charge is 0.479 e. The molecule has 8 unspecified atom stereocenters. The third kappa shape index (κ3) is 20.6. The van der Waals surface area contributed by atoms with Crippen LogP contribution in [0.4, 0.5) is 8.78 Å². The molecule has 4 fully saturated rings. The summed E-state index contributed by atoms with van der Waals surface area (Å²) >= 11 is 0. The van der Waals surface area contributed by atoms with Gasteiger partial charge >= 0.3 is 29.8 Å². The zero-order valence-electron chi connectivity index (χ0n) is 49.8. The van der Waals surface area contributed by atoms with E-state index in [1.165, 1.54) is 55.8 Å². The van der Waals surface area contributed by atoms with Gasteiger partial charge in [-0.1, -0.05) is 81.1 Å². The molecule has 2 aromatic carbocycles. The van der Waals surface area contributed by atoms with Gasteiger partial charge < -0.3 is 54.0 Å². The van der Waals surface area contributed by atoms with E-state index in [2.05, 4.69) is 10.6 Å². The summed E-state index contributed by atoms with van der Waals surface area (Å²) in [6.07, 6.45) is -0.865. The maximum Gasteiger partial charge on any atom is 0.344 e. The molecule has 460 valence electrons. The van der Waals surface area contributed by atoms with E-state index >= 15 is 4.39 Å². The lowest BCUT2D eigenvalue weighted by atomic mass is 9.90. The van der Waals surface area contributed by atoms with Gasteiger partial charge in [0.15, 0.2) is 24.4 Å². The SMILES string of the molecule is CCC(OC(=O)C(CC1CC1)N(C)C(=O)C(Cc1ccc(C2CCOCC2)cc1)OC(=O)C(CC(C)(C)F)NC)C(=O)NC(CC(C)(C)F)C(=O)OC(Cc1ccc(C2CCOCC2)cc1)C(=O)N(C)C(CC1CC1)C(=O)OC(C)C(=O)O. The van der Waals surface area contributed by atoms with Crippen molar-refractivity contribution in [2.75, 3.05) is 47.6 Å². The van der Waals surface area contributed by atoms with Crippen molar-refractivity contribution in [3.05, 3.63) is 70.8 Å². The minimum absolute atomic E-state index is 0.0180. The number of carbonyl (C=O) groups is 8. The fourth-order valence-corrected chi connectivity index (χ4v) is 10.6. The number of amides is 3. The summed E-state index contributed by atoms with van der Waals surface area (Å²) in [7, 11) is 4.19. The Hall–Kier alpha value is -6.06. The number of rotatable bonds is 31. The highest BCUT2D eigenvalue weighted by Gasteiger charge is 2.44. The second-order valence-electron chi connectivity index (χ2n) is 24.3. The molecule has 8 atom stereocenters. The Bertz CT molecular complexity index is 2520. The van der Waals surface area contributed by atoms with Crippen molar-refractivity contribution in [1.82, 2.24) is 20.4 Å². The van der Waals surface area contributed by atoms with E-state index < -0.39 is 114 Å². The quantitative estimate of drug-likeness (QED) is 0.0507. The number of esters is 4. The molecule has 0 spiro atoms. The molecule has 19 nitrogen and oxygen atoms in total. The highest BCUT2D eigenvalue weighted by atomic mass is 19.1. The first-order chi connectivity index (χ1) is 39.2. The van der Waals surface area contributed by atoms with Crippen molar-refractivity contribution in [3.8, 4) is 0 Å². The fraction of sp³-hybridized carbons (Fsp3) is 0.677. The number of aliphatic carboxylic acids is 1. The van der Waals surface area contributed by atoms with E-state index in [1.54, 1.807) is 19.1 Å². The first-order valence-electron chi connectivity index (χ1n) is 29.5. The number of carboxylic acid groups (broad SMARTS) is 1. The Kier molecular flexibility index (Phi) is 24.0. The van der Waals surface area contributed by atoms with E-state index in [-0.39, 0.29) is 56.3 Å². The van der Waals surface area contributed by atoms with E-state index in [9.17, 15) is 47.9 Å². The van der Waals surface area contributed by atoms with Gasteiger partial charge in [-0.15, -0.1) is 0 Å². The van der Waals surface area contributed by atoms with Crippen molar-refractivity contribution in [1.29, 1.82) is 0 Å². The Balaban J connectivity index is 1.22. The summed E-state index contributed by atoms with van der Waals surface area (Å²) in [5, 5.41) is 14.8. The Morgan fingerprint density at radius 1 is 0.590 bits per heavy atom. The molecular weight excluding hydrogens is 1080 g/mol. The molecule has 2 heterocycles. The lowest BCUT2D eigenvalue weighted by Gasteiger charge is -2.32. The van der Waals surface area contributed by atoms with Crippen LogP contribution in [0.1, 0.15) is 159 Å². The van der Waals surface area contributed by atoms with Crippen LogP contribution in [0.2, 0.25) is 0 Å². The molecule has 3 N–H and O–H groups in total. The normalized spacial score (nSPS) is 19.1. The van der Waals surface area contributed by atoms with Crippen LogP contribution in [0.5, 0.6) is 0 Å². The van der Waals surface area contributed by atoms with Gasteiger partial charge in [-0.3, -0.25) is 19.2 Å². The number of hydrogen-bond acceptors (Lipinski definition) is 15. The van der Waals surface area contributed by atoms with Gasteiger partial charge in [0.25, 0.3) is 17.7 Å². The fourth-order valence-electron chi connectivity index (χ4n) is 10.6. The number of nitrogens with zero attached hydrogens (tertiary/aromatic N) is 2. The Morgan fingerprint density at radius 3 is 1.33 bits per heavy atom. The molecule has 2 saturated heterocycles. The third-order valence-corrected chi connectivity index (χ3v) is 16.1. The molecular formula is C62H88F2N4O15. The van der Waals surface area contributed by atoms with Crippen LogP contribution in [0, 0.1) is 11.8 Å². The minimum atomic E-state index is -2.12. The summed E-state index contributed by atoms with van der Waals surface area (Å²) < 4.78 is 64.8. The maximum absolute atomic E-state index is 15.8. The van der Waals surface area contributed by atoms with Crippen LogP contribution < -0.4 is 10.6 Å². The number of carbonyl (C=O) groups excluding carboxylic acids is 7. The monoisotopic (exact) mass is 1170 g/mol. The predicted molar refractivity (Wildman–Crippen MR) is 301 cm³/mol. The van der Waals surface area contributed by atoms with Crippen LogP contribution in [-0.4, -0.2) is 170 Å². The number of alkyl halides is 2. The Labute approximate surface area is 486 Å². The van der Waals surface area contributed by atoms with Gasteiger partial charge in [-0.05, 0) is 133 Å². The van der Waals surface area contributed by atoms with E-state index in [0.717, 1.165) is 72.3 Å². The zero-order chi connectivity index (χ0) is 60.8. The standard InChI is InChI=1S/C62H88F2N4O15/c1-10-50(81-60(77)49(32-39-13-14-39)68(9)54(70)51(82-57(74)46(65-7)35-61(3,4)63)33-40-15-19-42(20-16-40)44-23-27-78-28-24-44)53(69)66-47(36-62(5,6)64)58(75)83-52(34-41-17-21-43(22-18-41)45-25-29-79-30-26-45)55(71)67(8)48(31-38-11-12-38)59(76)80-37(2)56(72)73/h15-22,37-39,44-52,65H,10-14,23-36H2,1-9H3,(H,66,69)(H,72,73). The Morgan fingerprint density at radius 2 is 0.964 bits per heavy atom. The van der Waals surface area contributed by atoms with Crippen molar-refractivity contribution in [2.24, 2.45) is 11.8 Å². The number of halogens is 2. The van der Waals surface area contributed by atoms with Gasteiger partial charge in [-0.25, -0.2) is 28.0 Å². The molecule has 0 radical (unpaired) electrons. The molecule has 83 heavy (non-hydrogen) atoms. The van der Waals surface area contributed by atoms with Gasteiger partial charge in [0.05, 0.1) is 0 Å². The van der Waals surface area contributed by atoms with Crippen LogP contribution in [0.15, 0.2) is 48.5 Å². The van der Waals surface area contributed by atoms with E-state index in [1.807, 2.05) is 36.4 Å². The van der Waals surface area contributed by atoms with Crippen molar-refractivity contribution in [2.45, 2.75) is 210 Å². The number of benzene rings is 2. The molecule has 21 heteroatoms. The van der Waals surface area contributed by atoms with Crippen LogP contribution >= 0.6 is 0 Å². The van der Waals surface area contributed by atoms with Crippen molar-refractivity contribution in [3.63, 3.8) is 0 Å². The van der Waals surface area contributed by atoms with Crippen LogP contribution in [0.3, 0.4) is 0 Å². The smallest absolute Gasteiger partial charge is 0.344 e. The minimum Gasteiger partial charge on any atom is -0.479 e. The number of ether oxygens (including phenoxy) is 6. The summed E-state index contributed by atoms with van der Waals surface area (Å²) in [4.78, 5) is 114. The highest BCUT2D eigenvalue weighted by molar-refractivity contribution is 5.93. The van der Waals surface area contributed by atoms with E-state index in [4.69, 9.17) is 28.4 Å². The number of nitrogens with one attached hydrogen (secondary N) is 2. The van der Waals surface area contributed by atoms with Crippen LogP contribution in [-0.2, 0) is 79.6 Å². The van der Waals surface area contributed by atoms with E-state index in [0.29, 0.717) is 43.5 Å². The van der Waals surface area contributed by atoms with Crippen molar-refractivity contribution < 1.29 is 80.7 Å². The molecule has 6 rings (SSSR count). The summed E-state index contributed by atoms with van der Waals surface area (Å²) in [5.41, 5.74) is -0.507. The maximum atomic E-state index is 15.8. The molecule has 0 bridgehead atoms.